The molecule has 0 aromatic heterocycles. The Morgan fingerprint density at radius 1 is 1.15 bits per heavy atom. The molecule has 0 aliphatic heterocycles. The van der Waals surface area contributed by atoms with Crippen molar-refractivity contribution in [2.24, 2.45) is 0 Å². The highest BCUT2D eigenvalue weighted by Crippen LogP contribution is 2.29. The zero-order valence-corrected chi connectivity index (χ0v) is 16.3. The highest BCUT2D eigenvalue weighted by atomic mass is 35.5. The summed E-state index contributed by atoms with van der Waals surface area (Å²) in [6.45, 7) is 2.33. The Balaban J connectivity index is 2.18. The first-order valence-electron chi connectivity index (χ1n) is 7.77. The van der Waals surface area contributed by atoms with Crippen molar-refractivity contribution in [3.8, 4) is 0 Å². The smallest absolute Gasteiger partial charge is 0.275 e. The summed E-state index contributed by atoms with van der Waals surface area (Å²) in [5, 5.41) is 11.1. The fourth-order valence-corrected chi connectivity index (χ4v) is 3.72. The van der Waals surface area contributed by atoms with Crippen molar-refractivity contribution < 1.29 is 13.3 Å². The largest absolute Gasteiger partial charge is 0.305 e. The lowest BCUT2D eigenvalue weighted by Gasteiger charge is -2.11. The summed E-state index contributed by atoms with van der Waals surface area (Å²) in [4.78, 5) is 12.2. The average Bonchev–Trinajstić information content (AvgIpc) is 2.55. The van der Waals surface area contributed by atoms with Crippen LogP contribution in [-0.2, 0) is 23.1 Å². The van der Waals surface area contributed by atoms with E-state index in [1.54, 1.807) is 0 Å². The Kier molecular flexibility index (Phi) is 6.35. The van der Waals surface area contributed by atoms with Crippen molar-refractivity contribution in [1.82, 2.24) is 9.62 Å². The summed E-state index contributed by atoms with van der Waals surface area (Å²) in [6, 6.07) is 9.77. The van der Waals surface area contributed by atoms with Gasteiger partial charge in [-0.15, -0.1) is 0 Å². The fourth-order valence-electron chi connectivity index (χ4n) is 2.37. The molecule has 0 radical (unpaired) electrons. The lowest BCUT2D eigenvalue weighted by atomic mass is 10.1. The van der Waals surface area contributed by atoms with Gasteiger partial charge in [-0.05, 0) is 38.2 Å². The van der Waals surface area contributed by atoms with Gasteiger partial charge in [-0.2, -0.15) is 0 Å². The van der Waals surface area contributed by atoms with Gasteiger partial charge < -0.3 is 4.90 Å². The molecule has 140 valence electrons. The molecule has 2 rings (SSSR count). The van der Waals surface area contributed by atoms with Gasteiger partial charge in [0.1, 0.15) is 0 Å². The third-order valence-corrected chi connectivity index (χ3v) is 5.56. The maximum Gasteiger partial charge on any atom is 0.275 e. The molecule has 1 N–H and O–H groups in total. The van der Waals surface area contributed by atoms with Crippen LogP contribution in [-0.4, -0.2) is 32.3 Å². The van der Waals surface area contributed by atoms with E-state index in [0.717, 1.165) is 23.7 Å². The minimum Gasteiger partial charge on any atom is -0.305 e. The first-order valence-corrected chi connectivity index (χ1v) is 9.63. The summed E-state index contributed by atoms with van der Waals surface area (Å²) in [5.41, 5.74) is 1.80. The highest BCUT2D eigenvalue weighted by molar-refractivity contribution is 7.89. The van der Waals surface area contributed by atoms with Gasteiger partial charge in [0.15, 0.2) is 0 Å². The number of rotatable bonds is 7. The zero-order valence-electron chi connectivity index (χ0n) is 14.7. The van der Waals surface area contributed by atoms with Gasteiger partial charge in [0.05, 0.1) is 14.8 Å². The summed E-state index contributed by atoms with van der Waals surface area (Å²) in [7, 11) is 0.00242. The zero-order chi connectivity index (χ0) is 19.5. The molecule has 0 fully saturated rings. The predicted octanol–water partition coefficient (Wildman–Crippen LogP) is 3.10. The number of benzene rings is 2. The standard InChI is InChI=1S/C17H20ClN3O4S/c1-12-16(18)8-15(9-17(12)21(22)23)26(24,25)19-10-13-4-6-14(7-5-13)11-20(2)3/h4-9,19H,10-11H2,1-3H3. The van der Waals surface area contributed by atoms with Crippen LogP contribution in [0.4, 0.5) is 5.69 Å². The molecule has 0 unspecified atom stereocenters. The van der Waals surface area contributed by atoms with E-state index in [-0.39, 0.29) is 27.7 Å². The molecule has 0 heterocycles. The van der Waals surface area contributed by atoms with Crippen LogP contribution in [0.5, 0.6) is 0 Å². The summed E-state index contributed by atoms with van der Waals surface area (Å²) in [5.74, 6) is 0. The summed E-state index contributed by atoms with van der Waals surface area (Å²) >= 11 is 5.94. The second kappa shape index (κ2) is 8.13. The number of halogens is 1. The third-order valence-electron chi connectivity index (χ3n) is 3.79. The van der Waals surface area contributed by atoms with E-state index >= 15 is 0 Å². The normalized spacial score (nSPS) is 11.7. The molecule has 0 saturated carbocycles. The molecule has 7 nitrogen and oxygen atoms in total. The van der Waals surface area contributed by atoms with Crippen molar-refractivity contribution in [2.75, 3.05) is 14.1 Å². The van der Waals surface area contributed by atoms with E-state index in [1.807, 2.05) is 43.3 Å². The Bertz CT molecular complexity index is 912. The van der Waals surface area contributed by atoms with Crippen LogP contribution < -0.4 is 4.72 Å². The van der Waals surface area contributed by atoms with E-state index in [1.165, 1.54) is 13.0 Å². The molecular weight excluding hydrogens is 378 g/mol. The van der Waals surface area contributed by atoms with E-state index < -0.39 is 14.9 Å². The maximum absolute atomic E-state index is 12.5. The molecule has 0 aliphatic rings. The minimum absolute atomic E-state index is 0.0348. The lowest BCUT2D eigenvalue weighted by Crippen LogP contribution is -2.23. The van der Waals surface area contributed by atoms with Gasteiger partial charge in [-0.25, -0.2) is 13.1 Å². The lowest BCUT2D eigenvalue weighted by molar-refractivity contribution is -0.385. The molecule has 0 amide bonds. The van der Waals surface area contributed by atoms with Crippen molar-refractivity contribution in [3.05, 3.63) is 68.2 Å². The molecular formula is C17H20ClN3O4S. The Morgan fingerprint density at radius 3 is 2.27 bits per heavy atom. The summed E-state index contributed by atoms with van der Waals surface area (Å²) in [6.07, 6.45) is 0. The Morgan fingerprint density at radius 2 is 1.73 bits per heavy atom. The van der Waals surface area contributed by atoms with Crippen molar-refractivity contribution in [3.63, 3.8) is 0 Å². The highest BCUT2D eigenvalue weighted by Gasteiger charge is 2.22. The number of sulfonamides is 1. The Hall–Kier alpha value is -2.00. The van der Waals surface area contributed by atoms with Crippen LogP contribution in [0.1, 0.15) is 16.7 Å². The number of nitrogens with one attached hydrogen (secondary N) is 1. The van der Waals surface area contributed by atoms with Gasteiger partial charge in [0, 0.05) is 24.7 Å². The minimum atomic E-state index is -3.93. The molecule has 9 heteroatoms. The van der Waals surface area contributed by atoms with E-state index in [9.17, 15) is 18.5 Å². The number of hydrogen-bond donors (Lipinski definition) is 1. The van der Waals surface area contributed by atoms with E-state index in [2.05, 4.69) is 4.72 Å². The van der Waals surface area contributed by atoms with E-state index in [0.29, 0.717) is 0 Å². The van der Waals surface area contributed by atoms with Crippen molar-refractivity contribution >= 4 is 27.3 Å². The number of hydrogen-bond acceptors (Lipinski definition) is 5. The topological polar surface area (TPSA) is 92.6 Å². The number of nitro benzene ring substituents is 1. The average molecular weight is 398 g/mol. The predicted molar refractivity (Wildman–Crippen MR) is 101 cm³/mol. The van der Waals surface area contributed by atoms with Crippen LogP contribution in [0, 0.1) is 17.0 Å². The molecule has 26 heavy (non-hydrogen) atoms. The Labute approximate surface area is 157 Å². The first kappa shape index (κ1) is 20.3. The second-order valence-electron chi connectivity index (χ2n) is 6.19. The van der Waals surface area contributed by atoms with Crippen LogP contribution in [0.3, 0.4) is 0 Å². The van der Waals surface area contributed by atoms with E-state index in [4.69, 9.17) is 11.6 Å². The third kappa shape index (κ3) is 5.01. The molecule has 2 aromatic rings. The van der Waals surface area contributed by atoms with Gasteiger partial charge in [0.25, 0.3) is 5.69 Å². The van der Waals surface area contributed by atoms with Gasteiger partial charge in [0.2, 0.25) is 10.0 Å². The second-order valence-corrected chi connectivity index (χ2v) is 8.36. The van der Waals surface area contributed by atoms with Gasteiger partial charge in [-0.3, -0.25) is 10.1 Å². The van der Waals surface area contributed by atoms with Crippen LogP contribution >= 0.6 is 11.6 Å². The van der Waals surface area contributed by atoms with Gasteiger partial charge >= 0.3 is 0 Å². The first-order chi connectivity index (χ1) is 12.1. The fraction of sp³-hybridized carbons (Fsp3) is 0.294. The van der Waals surface area contributed by atoms with Crippen LogP contribution in [0.25, 0.3) is 0 Å². The molecule has 2 aromatic carbocycles. The number of nitro groups is 1. The SMILES string of the molecule is Cc1c(Cl)cc(S(=O)(=O)NCc2ccc(CN(C)C)cc2)cc1[N+](=O)[O-]. The summed E-state index contributed by atoms with van der Waals surface area (Å²) < 4.78 is 27.4. The van der Waals surface area contributed by atoms with Crippen LogP contribution in [0.15, 0.2) is 41.3 Å². The van der Waals surface area contributed by atoms with Crippen LogP contribution in [0.2, 0.25) is 5.02 Å². The molecule has 0 atom stereocenters. The molecule has 0 aliphatic carbocycles. The van der Waals surface area contributed by atoms with Gasteiger partial charge in [-0.1, -0.05) is 35.9 Å². The maximum atomic E-state index is 12.5. The molecule has 0 saturated heterocycles. The number of nitrogens with zero attached hydrogens (tertiary/aromatic N) is 2. The molecule has 0 bridgehead atoms. The van der Waals surface area contributed by atoms with Crippen molar-refractivity contribution in [1.29, 1.82) is 0 Å². The monoisotopic (exact) mass is 397 g/mol. The quantitative estimate of drug-likeness (QED) is 0.572. The van der Waals surface area contributed by atoms with Crippen molar-refractivity contribution in [2.45, 2.75) is 24.9 Å². The molecule has 0 spiro atoms.